The van der Waals surface area contributed by atoms with Gasteiger partial charge >= 0.3 is 0 Å². The summed E-state index contributed by atoms with van der Waals surface area (Å²) in [6.07, 6.45) is 6.24. The number of hydrogen-bond donors (Lipinski definition) is 0. The van der Waals surface area contributed by atoms with Gasteiger partial charge in [-0.15, -0.1) is 0 Å². The van der Waals surface area contributed by atoms with Crippen LogP contribution < -0.4 is 0 Å². The van der Waals surface area contributed by atoms with Crippen LogP contribution in [0.15, 0.2) is 12.1 Å². The van der Waals surface area contributed by atoms with Gasteiger partial charge in [-0.1, -0.05) is 26.0 Å². The van der Waals surface area contributed by atoms with Gasteiger partial charge < -0.3 is 9.47 Å². The van der Waals surface area contributed by atoms with Crippen LogP contribution in [0.25, 0.3) is 0 Å². The van der Waals surface area contributed by atoms with Crippen molar-refractivity contribution in [3.63, 3.8) is 0 Å². The minimum absolute atomic E-state index is 0.196. The van der Waals surface area contributed by atoms with E-state index < -0.39 is 0 Å². The Bertz CT molecular complexity index is 702. The minimum Gasteiger partial charge on any atom is -0.347 e. The summed E-state index contributed by atoms with van der Waals surface area (Å²) < 4.78 is 12.6. The molecule has 2 heteroatoms. The maximum atomic E-state index is 6.31. The third-order valence-corrected chi connectivity index (χ3v) is 8.42. The maximum Gasteiger partial charge on any atom is 0.174 e. The molecule has 3 aliphatic carbocycles. The van der Waals surface area contributed by atoms with Gasteiger partial charge in [-0.25, -0.2) is 0 Å². The summed E-state index contributed by atoms with van der Waals surface area (Å²) in [7, 11) is 0. The monoisotopic (exact) mass is 340 g/mol. The van der Waals surface area contributed by atoms with Crippen LogP contribution in [0.5, 0.6) is 0 Å². The molecule has 0 bridgehead atoms. The van der Waals surface area contributed by atoms with Crippen LogP contribution in [0.2, 0.25) is 0 Å². The molecular weight excluding hydrogens is 308 g/mol. The smallest absolute Gasteiger partial charge is 0.174 e. The van der Waals surface area contributed by atoms with Gasteiger partial charge in [-0.3, -0.25) is 0 Å². The molecule has 3 fully saturated rings. The largest absolute Gasteiger partial charge is 0.347 e. The highest BCUT2D eigenvalue weighted by Crippen LogP contribution is 2.67. The molecule has 1 saturated heterocycles. The van der Waals surface area contributed by atoms with Gasteiger partial charge in [0.1, 0.15) is 0 Å². The van der Waals surface area contributed by atoms with Crippen LogP contribution in [0.1, 0.15) is 67.7 Å². The van der Waals surface area contributed by atoms with Crippen molar-refractivity contribution in [2.45, 2.75) is 71.5 Å². The number of aryl methyl sites for hydroxylation is 3. The van der Waals surface area contributed by atoms with Crippen LogP contribution in [-0.2, 0) is 15.9 Å². The Morgan fingerprint density at radius 2 is 1.76 bits per heavy atom. The Kier molecular flexibility index (Phi) is 3.48. The van der Waals surface area contributed by atoms with E-state index in [0.717, 1.165) is 37.4 Å². The van der Waals surface area contributed by atoms with Crippen LogP contribution in [0, 0.1) is 37.0 Å². The first-order valence-electron chi connectivity index (χ1n) is 10.3. The Morgan fingerprint density at radius 1 is 1.04 bits per heavy atom. The van der Waals surface area contributed by atoms with Crippen molar-refractivity contribution in [1.29, 1.82) is 0 Å². The van der Waals surface area contributed by atoms with Crippen LogP contribution in [-0.4, -0.2) is 19.0 Å². The molecule has 25 heavy (non-hydrogen) atoms. The summed E-state index contributed by atoms with van der Waals surface area (Å²) in [5.41, 5.74) is 6.41. The molecule has 1 aromatic rings. The van der Waals surface area contributed by atoms with Crippen molar-refractivity contribution >= 4 is 0 Å². The summed E-state index contributed by atoms with van der Waals surface area (Å²) in [6, 6.07) is 4.99. The molecule has 2 nitrogen and oxygen atoms in total. The van der Waals surface area contributed by atoms with Crippen molar-refractivity contribution in [1.82, 2.24) is 0 Å². The Balaban J connectivity index is 1.55. The Hall–Kier alpha value is -0.860. The molecule has 2 saturated carbocycles. The molecule has 3 unspecified atom stereocenters. The highest BCUT2D eigenvalue weighted by Gasteiger charge is 2.67. The van der Waals surface area contributed by atoms with Crippen LogP contribution in [0.4, 0.5) is 0 Å². The molecule has 1 aliphatic heterocycles. The topological polar surface area (TPSA) is 18.5 Å². The van der Waals surface area contributed by atoms with Gasteiger partial charge in [0.15, 0.2) is 5.79 Å². The molecular formula is C23H32O2. The predicted octanol–water partition coefficient (Wildman–Crippen LogP) is 5.15. The van der Waals surface area contributed by atoms with E-state index in [-0.39, 0.29) is 11.2 Å². The fraction of sp³-hybridized carbons (Fsp3) is 0.739. The van der Waals surface area contributed by atoms with E-state index in [4.69, 9.17) is 9.47 Å². The zero-order chi connectivity index (χ0) is 17.4. The van der Waals surface area contributed by atoms with E-state index in [1.807, 2.05) is 0 Å². The molecule has 136 valence electrons. The average Bonchev–Trinajstić information content (AvgIpc) is 3.13. The van der Waals surface area contributed by atoms with E-state index in [0.29, 0.717) is 5.92 Å². The standard InChI is InChI=1S/C23H32O2/c1-14-11-17-5-6-19-18(20(17)12-15(14)2)7-8-22(4)21(19)16(3)13-23(22)24-9-10-25-23/h11-12,16,18-19,21H,5-10,13H2,1-4H3/t16?,18?,19-,21?,22+/m1/s1. The summed E-state index contributed by atoms with van der Waals surface area (Å²) in [5, 5.41) is 0. The number of hydrogen-bond acceptors (Lipinski definition) is 2. The molecule has 5 rings (SSSR count). The number of rotatable bonds is 0. The molecule has 5 atom stereocenters. The fourth-order valence-electron chi connectivity index (χ4n) is 7.29. The molecule has 1 spiro atoms. The second kappa shape index (κ2) is 5.33. The molecule has 1 heterocycles. The third-order valence-electron chi connectivity index (χ3n) is 8.42. The van der Waals surface area contributed by atoms with E-state index in [1.165, 1.54) is 36.8 Å². The van der Waals surface area contributed by atoms with Gasteiger partial charge in [-0.05, 0) is 85.5 Å². The van der Waals surface area contributed by atoms with E-state index in [2.05, 4.69) is 39.8 Å². The fourth-order valence-corrected chi connectivity index (χ4v) is 7.29. The average molecular weight is 341 g/mol. The molecule has 0 N–H and O–H groups in total. The second-order valence-electron chi connectivity index (χ2n) is 9.56. The number of benzene rings is 1. The van der Waals surface area contributed by atoms with Gasteiger partial charge in [-0.2, -0.15) is 0 Å². The quantitative estimate of drug-likeness (QED) is 0.650. The summed E-state index contributed by atoms with van der Waals surface area (Å²) in [6.45, 7) is 11.0. The number of fused-ring (bicyclic) bond motifs is 6. The summed E-state index contributed by atoms with van der Waals surface area (Å²) in [5.74, 6) is 2.70. The lowest BCUT2D eigenvalue weighted by atomic mass is 9.53. The van der Waals surface area contributed by atoms with Crippen molar-refractivity contribution in [2.24, 2.45) is 23.2 Å². The van der Waals surface area contributed by atoms with E-state index in [9.17, 15) is 0 Å². The van der Waals surface area contributed by atoms with Crippen molar-refractivity contribution < 1.29 is 9.47 Å². The van der Waals surface area contributed by atoms with E-state index >= 15 is 0 Å². The SMILES string of the molecule is Cc1cc2c(cc1C)C1CC[C@@]3(C)C(C(C)CC34OCCO4)[C@@H]1CC2. The highest BCUT2D eigenvalue weighted by atomic mass is 16.7. The minimum atomic E-state index is -0.286. The lowest BCUT2D eigenvalue weighted by Crippen LogP contribution is -2.51. The first kappa shape index (κ1) is 16.3. The molecule has 0 radical (unpaired) electrons. The Morgan fingerprint density at radius 3 is 2.52 bits per heavy atom. The van der Waals surface area contributed by atoms with Gasteiger partial charge in [0.25, 0.3) is 0 Å². The Labute approximate surface area is 152 Å². The van der Waals surface area contributed by atoms with Crippen molar-refractivity contribution in [3.05, 3.63) is 34.4 Å². The zero-order valence-electron chi connectivity index (χ0n) is 16.2. The molecule has 4 aliphatic rings. The van der Waals surface area contributed by atoms with Crippen LogP contribution >= 0.6 is 0 Å². The molecule has 1 aromatic carbocycles. The molecule has 0 amide bonds. The molecule has 0 aromatic heterocycles. The normalized spacial score (nSPS) is 41.4. The summed E-state index contributed by atoms with van der Waals surface area (Å²) in [4.78, 5) is 0. The van der Waals surface area contributed by atoms with Gasteiger partial charge in [0.05, 0.1) is 13.2 Å². The van der Waals surface area contributed by atoms with Gasteiger partial charge in [0, 0.05) is 11.8 Å². The number of ether oxygens (including phenoxy) is 2. The predicted molar refractivity (Wildman–Crippen MR) is 99.7 cm³/mol. The lowest BCUT2D eigenvalue weighted by Gasteiger charge is -2.53. The zero-order valence-corrected chi connectivity index (χ0v) is 16.2. The van der Waals surface area contributed by atoms with E-state index in [1.54, 1.807) is 11.1 Å². The van der Waals surface area contributed by atoms with Gasteiger partial charge in [0.2, 0.25) is 0 Å². The first-order chi connectivity index (χ1) is 12.0. The lowest BCUT2D eigenvalue weighted by molar-refractivity contribution is -0.237. The first-order valence-corrected chi connectivity index (χ1v) is 10.3. The maximum absolute atomic E-state index is 6.31. The second-order valence-corrected chi connectivity index (χ2v) is 9.56. The van der Waals surface area contributed by atoms with Crippen LogP contribution in [0.3, 0.4) is 0 Å². The highest BCUT2D eigenvalue weighted by molar-refractivity contribution is 5.42. The summed E-state index contributed by atoms with van der Waals surface area (Å²) >= 11 is 0. The van der Waals surface area contributed by atoms with Crippen molar-refractivity contribution in [2.75, 3.05) is 13.2 Å². The van der Waals surface area contributed by atoms with Crippen molar-refractivity contribution in [3.8, 4) is 0 Å². The third kappa shape index (κ3) is 2.04.